The highest BCUT2D eigenvalue weighted by atomic mass is 35.5. The van der Waals surface area contributed by atoms with Crippen LogP contribution >= 0.6 is 23.2 Å². The molecule has 0 saturated carbocycles. The molecule has 0 unspecified atom stereocenters. The molecule has 0 bridgehead atoms. The third-order valence-corrected chi connectivity index (χ3v) is 3.61. The fraction of sp³-hybridized carbons (Fsp3) is 0.125. The normalized spacial score (nSPS) is 11.6. The Labute approximate surface area is 143 Å². The highest BCUT2D eigenvalue weighted by molar-refractivity contribution is 6.35. The maximum atomic E-state index is 12.0. The van der Waals surface area contributed by atoms with Gasteiger partial charge in [-0.2, -0.15) is 0 Å². The quantitative estimate of drug-likeness (QED) is 0.868. The summed E-state index contributed by atoms with van der Waals surface area (Å²) in [4.78, 5) is 23.2. The molecule has 0 aliphatic rings. The molecule has 0 spiro atoms. The van der Waals surface area contributed by atoms with Crippen molar-refractivity contribution < 1.29 is 14.7 Å². The molecule has 0 aromatic heterocycles. The van der Waals surface area contributed by atoms with Crippen molar-refractivity contribution in [2.24, 2.45) is 0 Å². The number of nitrogens with one attached hydrogen (secondary N) is 2. The first-order valence-electron chi connectivity index (χ1n) is 6.73. The number of carbonyl (C=O) groups is 2. The summed E-state index contributed by atoms with van der Waals surface area (Å²) in [5, 5.41) is 16.7. The van der Waals surface area contributed by atoms with E-state index in [-0.39, 0.29) is 17.1 Å². The number of carboxylic acid groups (broad SMARTS) is 1. The Balaban J connectivity index is 2.03. The van der Waals surface area contributed by atoms with Gasteiger partial charge in [0, 0.05) is 5.02 Å². The standard InChI is InChI=1S/C16H14Cl2N2O3/c17-11-6-7-12(18)13(9-11)19-16(23)20-14(15(21)22)8-10-4-2-1-3-5-10/h1-7,9,14H,8H2,(H,21,22)(H2,19,20,23)/p-1/t14-/m0/s1. The van der Waals surface area contributed by atoms with Gasteiger partial charge in [0.1, 0.15) is 0 Å². The van der Waals surface area contributed by atoms with Crippen molar-refractivity contribution in [3.63, 3.8) is 0 Å². The number of hydrogen-bond donors (Lipinski definition) is 2. The lowest BCUT2D eigenvalue weighted by molar-refractivity contribution is -0.308. The number of urea groups is 1. The van der Waals surface area contributed by atoms with E-state index in [1.807, 2.05) is 6.07 Å². The first kappa shape index (κ1) is 17.1. The van der Waals surface area contributed by atoms with Gasteiger partial charge in [0.15, 0.2) is 0 Å². The van der Waals surface area contributed by atoms with Crippen LogP contribution in [0, 0.1) is 0 Å². The van der Waals surface area contributed by atoms with Crippen LogP contribution in [0.15, 0.2) is 48.5 Å². The summed E-state index contributed by atoms with van der Waals surface area (Å²) in [6, 6.07) is 11.6. The van der Waals surface area contributed by atoms with Crippen molar-refractivity contribution in [3.05, 3.63) is 64.1 Å². The largest absolute Gasteiger partial charge is 0.548 e. The molecule has 0 saturated heterocycles. The van der Waals surface area contributed by atoms with Gasteiger partial charge in [0.25, 0.3) is 0 Å². The summed E-state index contributed by atoms with van der Waals surface area (Å²) in [5.41, 5.74) is 1.05. The predicted octanol–water partition coefficient (Wildman–Crippen LogP) is 2.48. The molecule has 23 heavy (non-hydrogen) atoms. The van der Waals surface area contributed by atoms with Crippen LogP contribution in [0.5, 0.6) is 0 Å². The van der Waals surface area contributed by atoms with Crippen molar-refractivity contribution in [1.82, 2.24) is 5.32 Å². The summed E-state index contributed by atoms with van der Waals surface area (Å²) in [6.45, 7) is 0. The lowest BCUT2D eigenvalue weighted by Crippen LogP contribution is -2.50. The van der Waals surface area contributed by atoms with Crippen LogP contribution in [0.2, 0.25) is 10.0 Å². The molecular weight excluding hydrogens is 339 g/mol. The van der Waals surface area contributed by atoms with E-state index in [0.29, 0.717) is 5.02 Å². The molecule has 7 heteroatoms. The van der Waals surface area contributed by atoms with Gasteiger partial charge < -0.3 is 20.5 Å². The van der Waals surface area contributed by atoms with Gasteiger partial charge in [-0.25, -0.2) is 4.79 Å². The highest BCUT2D eigenvalue weighted by Crippen LogP contribution is 2.25. The first-order chi connectivity index (χ1) is 11.0. The molecule has 0 aliphatic carbocycles. The van der Waals surface area contributed by atoms with E-state index >= 15 is 0 Å². The minimum Gasteiger partial charge on any atom is -0.548 e. The maximum Gasteiger partial charge on any atom is 0.319 e. The fourth-order valence-corrected chi connectivity index (χ4v) is 2.29. The lowest BCUT2D eigenvalue weighted by atomic mass is 10.1. The second kappa shape index (κ2) is 7.85. The van der Waals surface area contributed by atoms with Gasteiger partial charge in [-0.3, -0.25) is 0 Å². The lowest BCUT2D eigenvalue weighted by Gasteiger charge is -2.20. The van der Waals surface area contributed by atoms with Crippen LogP contribution in [-0.2, 0) is 11.2 Å². The number of halogens is 2. The van der Waals surface area contributed by atoms with E-state index in [0.717, 1.165) is 5.56 Å². The van der Waals surface area contributed by atoms with Crippen LogP contribution in [0.1, 0.15) is 5.56 Å². The third-order valence-electron chi connectivity index (χ3n) is 3.05. The van der Waals surface area contributed by atoms with Crippen molar-refractivity contribution in [2.45, 2.75) is 12.5 Å². The van der Waals surface area contributed by atoms with Crippen molar-refractivity contribution in [1.29, 1.82) is 0 Å². The average Bonchev–Trinajstić information content (AvgIpc) is 2.51. The molecule has 2 N–H and O–H groups in total. The molecule has 2 amide bonds. The van der Waals surface area contributed by atoms with E-state index < -0.39 is 18.0 Å². The van der Waals surface area contributed by atoms with Crippen LogP contribution in [-0.4, -0.2) is 18.0 Å². The average molecular weight is 352 g/mol. The zero-order valence-corrected chi connectivity index (χ0v) is 13.4. The van der Waals surface area contributed by atoms with Crippen molar-refractivity contribution in [3.8, 4) is 0 Å². The molecule has 5 nitrogen and oxygen atoms in total. The van der Waals surface area contributed by atoms with Crippen LogP contribution in [0.4, 0.5) is 10.5 Å². The van der Waals surface area contributed by atoms with Gasteiger partial charge in [0.05, 0.1) is 22.7 Å². The highest BCUT2D eigenvalue weighted by Gasteiger charge is 2.15. The Morgan fingerprint density at radius 3 is 2.43 bits per heavy atom. The predicted molar refractivity (Wildman–Crippen MR) is 87.6 cm³/mol. The van der Waals surface area contributed by atoms with Gasteiger partial charge in [-0.05, 0) is 30.2 Å². The van der Waals surface area contributed by atoms with E-state index in [2.05, 4.69) is 10.6 Å². The summed E-state index contributed by atoms with van der Waals surface area (Å²) >= 11 is 11.8. The Morgan fingerprint density at radius 2 is 1.78 bits per heavy atom. The van der Waals surface area contributed by atoms with Crippen molar-refractivity contribution >= 4 is 40.9 Å². The van der Waals surface area contributed by atoms with E-state index in [9.17, 15) is 14.7 Å². The fourth-order valence-electron chi connectivity index (χ4n) is 1.95. The SMILES string of the molecule is O=C(Nc1cc(Cl)ccc1Cl)N[C@@H](Cc1ccccc1)C(=O)[O-]. The Kier molecular flexibility index (Phi) is 5.84. The summed E-state index contributed by atoms with van der Waals surface area (Å²) in [6.07, 6.45) is 0.111. The second-order valence-electron chi connectivity index (χ2n) is 4.78. The first-order valence-corrected chi connectivity index (χ1v) is 7.48. The number of anilines is 1. The van der Waals surface area contributed by atoms with Crippen LogP contribution < -0.4 is 15.7 Å². The molecular formula is C16H13Cl2N2O3-. The van der Waals surface area contributed by atoms with Crippen LogP contribution in [0.25, 0.3) is 0 Å². The van der Waals surface area contributed by atoms with Crippen molar-refractivity contribution in [2.75, 3.05) is 5.32 Å². The molecule has 120 valence electrons. The minimum absolute atomic E-state index is 0.111. The zero-order chi connectivity index (χ0) is 16.8. The molecule has 0 aliphatic heterocycles. The van der Waals surface area contributed by atoms with Gasteiger partial charge in [-0.15, -0.1) is 0 Å². The monoisotopic (exact) mass is 351 g/mol. The molecule has 0 heterocycles. The summed E-state index contributed by atoms with van der Waals surface area (Å²) in [5.74, 6) is -1.37. The van der Waals surface area contributed by atoms with E-state index in [1.54, 1.807) is 30.3 Å². The number of aliphatic carboxylic acids is 1. The maximum absolute atomic E-state index is 12.0. The molecule has 2 aromatic rings. The van der Waals surface area contributed by atoms with Gasteiger partial charge in [-0.1, -0.05) is 53.5 Å². The van der Waals surface area contributed by atoms with Gasteiger partial charge in [0.2, 0.25) is 0 Å². The Morgan fingerprint density at radius 1 is 1.09 bits per heavy atom. The zero-order valence-electron chi connectivity index (χ0n) is 11.9. The molecule has 1 atom stereocenters. The number of amides is 2. The van der Waals surface area contributed by atoms with E-state index in [4.69, 9.17) is 23.2 Å². The number of hydrogen-bond acceptors (Lipinski definition) is 3. The molecule has 2 rings (SSSR count). The minimum atomic E-state index is -1.37. The Bertz CT molecular complexity index is 708. The van der Waals surface area contributed by atoms with Gasteiger partial charge >= 0.3 is 6.03 Å². The topological polar surface area (TPSA) is 81.3 Å². The second-order valence-corrected chi connectivity index (χ2v) is 5.63. The Hall–Kier alpha value is -2.24. The number of rotatable bonds is 5. The van der Waals surface area contributed by atoms with E-state index in [1.165, 1.54) is 12.1 Å². The summed E-state index contributed by atoms with van der Waals surface area (Å²) in [7, 11) is 0. The number of carboxylic acids is 1. The third kappa shape index (κ3) is 5.16. The van der Waals surface area contributed by atoms with Crippen LogP contribution in [0.3, 0.4) is 0 Å². The molecule has 2 aromatic carbocycles. The number of carbonyl (C=O) groups excluding carboxylic acids is 2. The molecule has 0 fully saturated rings. The smallest absolute Gasteiger partial charge is 0.319 e. The molecule has 0 radical (unpaired) electrons. The number of benzene rings is 2. The summed E-state index contributed by atoms with van der Waals surface area (Å²) < 4.78 is 0.